The highest BCUT2D eigenvalue weighted by Gasteiger charge is 2.28. The van der Waals surface area contributed by atoms with Crippen LogP contribution in [0.25, 0.3) is 10.2 Å². The van der Waals surface area contributed by atoms with Crippen LogP contribution in [0.2, 0.25) is 0 Å². The molecule has 2 atom stereocenters. The molecule has 0 radical (unpaired) electrons. The van der Waals surface area contributed by atoms with Gasteiger partial charge in [0.15, 0.2) is 6.54 Å². The number of hydrogen-bond acceptors (Lipinski definition) is 3. The largest absolute Gasteiger partial charge is 0.337 e. The van der Waals surface area contributed by atoms with Crippen molar-refractivity contribution in [2.24, 2.45) is 0 Å². The zero-order chi connectivity index (χ0) is 19.5. The highest BCUT2D eigenvalue weighted by atomic mass is 32.1. The van der Waals surface area contributed by atoms with E-state index in [2.05, 4.69) is 6.07 Å². The number of likely N-dealkylation sites (tertiary alicyclic amines) is 1. The van der Waals surface area contributed by atoms with Gasteiger partial charge in [-0.1, -0.05) is 24.3 Å². The molecule has 146 valence electrons. The summed E-state index contributed by atoms with van der Waals surface area (Å²) in [5, 5.41) is 1.14. The van der Waals surface area contributed by atoms with Crippen molar-refractivity contribution in [2.45, 2.75) is 25.3 Å². The van der Waals surface area contributed by atoms with Gasteiger partial charge in [-0.05, 0) is 37.1 Å². The van der Waals surface area contributed by atoms with E-state index in [4.69, 9.17) is 4.98 Å². The number of aromatic nitrogens is 1. The molecular weight excluding hydrogens is 373 g/mol. The lowest BCUT2D eigenvalue weighted by Gasteiger charge is -2.32. The quantitative estimate of drug-likeness (QED) is 0.718. The SMILES string of the molecule is C[NH+](CC(=O)N1CCC[C@H](c2nc3ccccc3s2)C1)Cc1cccc(F)c1. The van der Waals surface area contributed by atoms with Crippen molar-refractivity contribution in [1.82, 2.24) is 9.88 Å². The third-order valence-corrected chi connectivity index (χ3v) is 6.48. The highest BCUT2D eigenvalue weighted by Crippen LogP contribution is 2.32. The van der Waals surface area contributed by atoms with E-state index < -0.39 is 0 Å². The first-order valence-electron chi connectivity index (χ1n) is 9.77. The number of fused-ring (bicyclic) bond motifs is 1. The van der Waals surface area contributed by atoms with Crippen molar-refractivity contribution in [3.8, 4) is 0 Å². The van der Waals surface area contributed by atoms with E-state index in [-0.39, 0.29) is 11.7 Å². The van der Waals surface area contributed by atoms with Gasteiger partial charge in [0.05, 0.1) is 22.3 Å². The number of rotatable bonds is 5. The Balaban J connectivity index is 1.37. The number of quaternary nitrogens is 1. The van der Waals surface area contributed by atoms with Crippen molar-refractivity contribution in [1.29, 1.82) is 0 Å². The van der Waals surface area contributed by atoms with Crippen LogP contribution >= 0.6 is 11.3 Å². The maximum Gasteiger partial charge on any atom is 0.277 e. The Labute approximate surface area is 168 Å². The zero-order valence-electron chi connectivity index (χ0n) is 16.0. The van der Waals surface area contributed by atoms with E-state index in [1.807, 2.05) is 36.2 Å². The van der Waals surface area contributed by atoms with Crippen molar-refractivity contribution in [3.05, 3.63) is 64.9 Å². The van der Waals surface area contributed by atoms with Gasteiger partial charge in [0.1, 0.15) is 12.4 Å². The van der Waals surface area contributed by atoms with Crippen molar-refractivity contribution in [3.63, 3.8) is 0 Å². The van der Waals surface area contributed by atoms with E-state index in [0.29, 0.717) is 19.0 Å². The van der Waals surface area contributed by atoms with E-state index in [1.54, 1.807) is 17.4 Å². The summed E-state index contributed by atoms with van der Waals surface area (Å²) in [7, 11) is 1.98. The molecule has 1 aromatic heterocycles. The summed E-state index contributed by atoms with van der Waals surface area (Å²) in [6, 6.07) is 14.8. The predicted molar refractivity (Wildman–Crippen MR) is 110 cm³/mol. The van der Waals surface area contributed by atoms with Crippen LogP contribution in [-0.2, 0) is 11.3 Å². The fourth-order valence-electron chi connectivity index (χ4n) is 3.90. The molecule has 3 aromatic rings. The van der Waals surface area contributed by atoms with Crippen LogP contribution in [0.15, 0.2) is 48.5 Å². The first-order valence-corrected chi connectivity index (χ1v) is 10.6. The second kappa shape index (κ2) is 8.37. The second-order valence-electron chi connectivity index (χ2n) is 7.64. The molecule has 28 heavy (non-hydrogen) atoms. The molecule has 0 spiro atoms. The molecule has 0 saturated carbocycles. The number of likely N-dealkylation sites (N-methyl/N-ethyl adjacent to an activating group) is 1. The lowest BCUT2D eigenvalue weighted by Crippen LogP contribution is -3.08. The van der Waals surface area contributed by atoms with Gasteiger partial charge in [-0.25, -0.2) is 9.37 Å². The Kier molecular flexibility index (Phi) is 5.69. The number of carbonyl (C=O) groups excluding carboxylic acids is 1. The summed E-state index contributed by atoms with van der Waals surface area (Å²) in [6.07, 6.45) is 2.09. The van der Waals surface area contributed by atoms with Gasteiger partial charge in [-0.2, -0.15) is 0 Å². The van der Waals surface area contributed by atoms with Crippen LogP contribution in [0.1, 0.15) is 29.3 Å². The van der Waals surface area contributed by atoms with Gasteiger partial charge in [0.25, 0.3) is 5.91 Å². The molecule has 1 aliphatic rings. The van der Waals surface area contributed by atoms with Gasteiger partial charge in [0, 0.05) is 24.6 Å². The van der Waals surface area contributed by atoms with E-state index in [0.717, 1.165) is 46.9 Å². The third kappa shape index (κ3) is 4.39. The topological polar surface area (TPSA) is 37.6 Å². The standard InChI is InChI=1S/C22H24FN3OS/c1-25(13-16-6-4-8-18(23)12-16)15-21(27)26-11-5-7-17(14-26)22-24-19-9-2-3-10-20(19)28-22/h2-4,6,8-10,12,17H,5,7,11,13-15H2,1H3/p+1/t17-/m0/s1. The maximum atomic E-state index is 13.4. The fourth-order valence-corrected chi connectivity index (χ4v) is 4.99. The minimum atomic E-state index is -0.230. The van der Waals surface area contributed by atoms with Gasteiger partial charge in [-0.15, -0.1) is 11.3 Å². The summed E-state index contributed by atoms with van der Waals surface area (Å²) < 4.78 is 14.6. The lowest BCUT2D eigenvalue weighted by molar-refractivity contribution is -0.885. The lowest BCUT2D eigenvalue weighted by atomic mass is 9.98. The van der Waals surface area contributed by atoms with Crippen LogP contribution in [-0.4, -0.2) is 42.5 Å². The number of piperidine rings is 1. The van der Waals surface area contributed by atoms with Crippen LogP contribution in [0, 0.1) is 5.82 Å². The van der Waals surface area contributed by atoms with E-state index in [1.165, 1.54) is 16.8 Å². The molecular formula is C22H25FN3OS+. The molecule has 4 nitrogen and oxygen atoms in total. The minimum Gasteiger partial charge on any atom is -0.337 e. The molecule has 1 amide bonds. The molecule has 0 bridgehead atoms. The van der Waals surface area contributed by atoms with Gasteiger partial charge in [0.2, 0.25) is 0 Å². The summed E-state index contributed by atoms with van der Waals surface area (Å²) >= 11 is 1.74. The summed E-state index contributed by atoms with van der Waals surface area (Å²) in [6.45, 7) is 2.61. The fraction of sp³-hybridized carbons (Fsp3) is 0.364. The smallest absolute Gasteiger partial charge is 0.277 e. The number of carbonyl (C=O) groups is 1. The molecule has 4 rings (SSSR count). The van der Waals surface area contributed by atoms with E-state index >= 15 is 0 Å². The second-order valence-corrected chi connectivity index (χ2v) is 8.70. The summed E-state index contributed by atoms with van der Waals surface area (Å²) in [4.78, 5) is 20.7. The van der Waals surface area contributed by atoms with Crippen molar-refractivity contribution in [2.75, 3.05) is 26.7 Å². The first-order chi connectivity index (χ1) is 13.6. The number of hydrogen-bond donors (Lipinski definition) is 1. The van der Waals surface area contributed by atoms with Gasteiger partial charge < -0.3 is 9.80 Å². The number of amides is 1. The average molecular weight is 399 g/mol. The molecule has 2 heterocycles. The Morgan fingerprint density at radius 2 is 2.14 bits per heavy atom. The minimum absolute atomic E-state index is 0.166. The molecule has 1 N–H and O–H groups in total. The van der Waals surface area contributed by atoms with Crippen LogP contribution in [0.4, 0.5) is 4.39 Å². The number of benzene rings is 2. The van der Waals surface area contributed by atoms with Gasteiger partial charge in [-0.3, -0.25) is 4.79 Å². The zero-order valence-corrected chi connectivity index (χ0v) is 16.8. The van der Waals surface area contributed by atoms with Crippen LogP contribution in [0.3, 0.4) is 0 Å². The number of halogens is 1. The number of nitrogens with one attached hydrogen (secondary N) is 1. The molecule has 2 aromatic carbocycles. The number of nitrogens with zero attached hydrogens (tertiary/aromatic N) is 2. The average Bonchev–Trinajstić information content (AvgIpc) is 3.12. The first kappa shape index (κ1) is 19.0. The number of para-hydroxylation sites is 1. The van der Waals surface area contributed by atoms with E-state index in [9.17, 15) is 9.18 Å². The third-order valence-electron chi connectivity index (χ3n) is 5.28. The van der Waals surface area contributed by atoms with Crippen LogP contribution < -0.4 is 4.90 Å². The monoisotopic (exact) mass is 398 g/mol. The summed E-state index contributed by atoms with van der Waals surface area (Å²) in [5.74, 6) is 0.254. The molecule has 0 aliphatic carbocycles. The molecule has 1 unspecified atom stereocenters. The molecule has 1 saturated heterocycles. The highest BCUT2D eigenvalue weighted by molar-refractivity contribution is 7.18. The maximum absolute atomic E-state index is 13.4. The molecule has 1 aliphatic heterocycles. The summed E-state index contributed by atoms with van der Waals surface area (Å²) in [5.41, 5.74) is 1.96. The number of thiazole rings is 1. The Morgan fingerprint density at radius 1 is 1.29 bits per heavy atom. The molecule has 1 fully saturated rings. The molecule has 6 heteroatoms. The van der Waals surface area contributed by atoms with Gasteiger partial charge >= 0.3 is 0 Å². The Hall–Kier alpha value is -2.31. The van der Waals surface area contributed by atoms with Crippen molar-refractivity contribution >= 4 is 27.5 Å². The van der Waals surface area contributed by atoms with Crippen LogP contribution in [0.5, 0.6) is 0 Å². The predicted octanol–water partition coefficient (Wildman–Crippen LogP) is 2.86. The Morgan fingerprint density at radius 3 is 2.96 bits per heavy atom. The Bertz CT molecular complexity index is 940. The van der Waals surface area contributed by atoms with Crippen molar-refractivity contribution < 1.29 is 14.1 Å². The normalized spacial score (nSPS) is 18.4.